The molecule has 1 atom stereocenters. The van der Waals surface area contributed by atoms with E-state index >= 15 is 0 Å². The van der Waals surface area contributed by atoms with Gasteiger partial charge in [-0.15, -0.1) is 35.3 Å². The van der Waals surface area contributed by atoms with Crippen LogP contribution in [0, 0.1) is 0 Å². The Labute approximate surface area is 176 Å². The lowest BCUT2D eigenvalue weighted by Gasteiger charge is -2.19. The van der Waals surface area contributed by atoms with Crippen LogP contribution in [0.4, 0.5) is 0 Å². The molecular weight excluding hydrogens is 412 g/mol. The van der Waals surface area contributed by atoms with Crippen LogP contribution in [0.25, 0.3) is 10.6 Å². The molecule has 28 heavy (non-hydrogen) atoms. The number of rotatable bonds is 8. The second-order valence-electron chi connectivity index (χ2n) is 6.21. The van der Waals surface area contributed by atoms with Gasteiger partial charge >= 0.3 is 5.97 Å². The topological polar surface area (TPSA) is 79.3 Å². The highest BCUT2D eigenvalue weighted by atomic mass is 32.1. The molecule has 0 unspecified atom stereocenters. The van der Waals surface area contributed by atoms with Gasteiger partial charge < -0.3 is 10.4 Å². The SMILES string of the molecule is CCC(=O)N[C@@H](Cc1ccc(-c2nccs2)c(S)c1Cc1cccs1)C(=O)O. The maximum Gasteiger partial charge on any atom is 0.326 e. The Morgan fingerprint density at radius 1 is 1.25 bits per heavy atom. The normalized spacial score (nSPS) is 11.9. The van der Waals surface area contributed by atoms with Crippen molar-refractivity contribution in [2.75, 3.05) is 0 Å². The van der Waals surface area contributed by atoms with Gasteiger partial charge in [0.1, 0.15) is 11.0 Å². The fourth-order valence-electron chi connectivity index (χ4n) is 2.90. The highest BCUT2D eigenvalue weighted by molar-refractivity contribution is 7.80. The molecule has 5 nitrogen and oxygen atoms in total. The van der Waals surface area contributed by atoms with Crippen molar-refractivity contribution >= 4 is 47.2 Å². The number of carbonyl (C=O) groups excluding carboxylic acids is 1. The van der Waals surface area contributed by atoms with Gasteiger partial charge in [-0.2, -0.15) is 0 Å². The number of carboxylic acids is 1. The van der Waals surface area contributed by atoms with E-state index in [9.17, 15) is 14.7 Å². The predicted octanol–water partition coefficient (Wildman–Crippen LogP) is 4.27. The van der Waals surface area contributed by atoms with Gasteiger partial charge in [0.15, 0.2) is 0 Å². The summed E-state index contributed by atoms with van der Waals surface area (Å²) < 4.78 is 0. The molecule has 0 spiro atoms. The van der Waals surface area contributed by atoms with E-state index in [1.807, 2.05) is 35.0 Å². The molecule has 0 saturated carbocycles. The number of thiophene rings is 1. The summed E-state index contributed by atoms with van der Waals surface area (Å²) in [7, 11) is 0. The third-order valence-electron chi connectivity index (χ3n) is 4.35. The third kappa shape index (κ3) is 4.81. The number of aliphatic carboxylic acids is 1. The molecule has 0 radical (unpaired) electrons. The van der Waals surface area contributed by atoms with Crippen LogP contribution in [0.3, 0.4) is 0 Å². The zero-order valence-corrected chi connectivity index (χ0v) is 17.7. The molecule has 0 fully saturated rings. The molecule has 1 aromatic carbocycles. The van der Waals surface area contributed by atoms with Gasteiger partial charge in [-0.1, -0.05) is 25.1 Å². The second-order valence-corrected chi connectivity index (χ2v) is 8.58. The summed E-state index contributed by atoms with van der Waals surface area (Å²) in [6.07, 6.45) is 2.85. The number of nitrogens with one attached hydrogen (secondary N) is 1. The highest BCUT2D eigenvalue weighted by Gasteiger charge is 2.23. The fraction of sp³-hybridized carbons (Fsp3) is 0.250. The Kier molecular flexibility index (Phi) is 6.88. The van der Waals surface area contributed by atoms with Gasteiger partial charge in [0.05, 0.1) is 0 Å². The average molecular weight is 433 g/mol. The summed E-state index contributed by atoms with van der Waals surface area (Å²) in [6, 6.07) is 6.91. The van der Waals surface area contributed by atoms with Crippen LogP contribution >= 0.6 is 35.3 Å². The number of carbonyl (C=O) groups is 2. The standard InChI is InChI=1S/C20H20N2O3S3/c1-2-17(23)22-16(20(24)25)10-12-5-6-14(19-21-7-9-28-19)18(26)15(12)11-13-4-3-8-27-13/h3-9,16,26H,2,10-11H2,1H3,(H,22,23)(H,24,25)/t16-/m0/s1. The number of thiazole rings is 1. The van der Waals surface area contributed by atoms with Crippen molar-refractivity contribution in [1.82, 2.24) is 10.3 Å². The number of aromatic nitrogens is 1. The summed E-state index contributed by atoms with van der Waals surface area (Å²) in [5, 5.41) is 17.0. The molecule has 2 aromatic heterocycles. The Balaban J connectivity index is 2.00. The van der Waals surface area contributed by atoms with Crippen molar-refractivity contribution in [3.05, 3.63) is 57.2 Å². The number of hydrogen-bond acceptors (Lipinski definition) is 6. The van der Waals surface area contributed by atoms with Crippen LogP contribution in [0.5, 0.6) is 0 Å². The average Bonchev–Trinajstić information content (AvgIpc) is 3.37. The van der Waals surface area contributed by atoms with E-state index < -0.39 is 12.0 Å². The zero-order valence-electron chi connectivity index (χ0n) is 15.2. The van der Waals surface area contributed by atoms with E-state index in [1.165, 1.54) is 11.3 Å². The highest BCUT2D eigenvalue weighted by Crippen LogP contribution is 2.35. The predicted molar refractivity (Wildman–Crippen MR) is 115 cm³/mol. The summed E-state index contributed by atoms with van der Waals surface area (Å²) in [5.41, 5.74) is 2.76. The van der Waals surface area contributed by atoms with Crippen molar-refractivity contribution in [2.45, 2.75) is 37.1 Å². The lowest BCUT2D eigenvalue weighted by Crippen LogP contribution is -2.42. The minimum atomic E-state index is -1.05. The van der Waals surface area contributed by atoms with Crippen LogP contribution in [0.15, 0.2) is 46.1 Å². The van der Waals surface area contributed by atoms with Crippen LogP contribution in [0.2, 0.25) is 0 Å². The number of amides is 1. The molecule has 0 aliphatic carbocycles. The molecule has 146 valence electrons. The van der Waals surface area contributed by atoms with Gasteiger partial charge in [0.25, 0.3) is 0 Å². The van der Waals surface area contributed by atoms with Crippen LogP contribution in [-0.4, -0.2) is 28.0 Å². The molecule has 3 aromatic rings. The fourth-order valence-corrected chi connectivity index (χ4v) is 4.76. The first kappa shape index (κ1) is 20.6. The van der Waals surface area contributed by atoms with Gasteiger partial charge in [0, 0.05) is 46.2 Å². The minimum absolute atomic E-state index is 0.202. The van der Waals surface area contributed by atoms with Crippen molar-refractivity contribution in [3.63, 3.8) is 0 Å². The van der Waals surface area contributed by atoms with Gasteiger partial charge in [-0.25, -0.2) is 9.78 Å². The summed E-state index contributed by atoms with van der Waals surface area (Å²) in [6.45, 7) is 1.70. The number of hydrogen-bond donors (Lipinski definition) is 3. The molecule has 8 heteroatoms. The second kappa shape index (κ2) is 9.36. The zero-order chi connectivity index (χ0) is 20.1. The Morgan fingerprint density at radius 2 is 2.07 bits per heavy atom. The van der Waals surface area contributed by atoms with E-state index in [4.69, 9.17) is 12.6 Å². The smallest absolute Gasteiger partial charge is 0.326 e. The summed E-state index contributed by atoms with van der Waals surface area (Å²) >= 11 is 7.96. The maximum atomic E-state index is 11.7. The molecule has 0 bridgehead atoms. The molecule has 0 aliphatic heterocycles. The Bertz CT molecular complexity index is 953. The maximum absolute atomic E-state index is 11.7. The molecule has 2 N–H and O–H groups in total. The van der Waals surface area contributed by atoms with E-state index in [1.54, 1.807) is 24.5 Å². The molecule has 2 heterocycles. The van der Waals surface area contributed by atoms with Crippen molar-refractivity contribution in [3.8, 4) is 10.6 Å². The van der Waals surface area contributed by atoms with E-state index in [2.05, 4.69) is 10.3 Å². The minimum Gasteiger partial charge on any atom is -0.480 e. The largest absolute Gasteiger partial charge is 0.480 e. The first-order chi connectivity index (χ1) is 13.5. The number of carboxylic acid groups (broad SMARTS) is 1. The first-order valence-electron chi connectivity index (χ1n) is 8.77. The van der Waals surface area contributed by atoms with Gasteiger partial charge in [0.2, 0.25) is 5.91 Å². The van der Waals surface area contributed by atoms with Crippen LogP contribution < -0.4 is 5.32 Å². The van der Waals surface area contributed by atoms with Crippen LogP contribution in [0.1, 0.15) is 29.3 Å². The molecule has 0 aliphatic rings. The van der Waals surface area contributed by atoms with Crippen molar-refractivity contribution in [1.29, 1.82) is 0 Å². The van der Waals surface area contributed by atoms with Crippen molar-refractivity contribution in [2.24, 2.45) is 0 Å². The first-order valence-corrected chi connectivity index (χ1v) is 11.0. The van der Waals surface area contributed by atoms with E-state index in [0.29, 0.717) is 6.42 Å². The molecule has 3 rings (SSSR count). The molecule has 1 amide bonds. The molecular formula is C20H20N2O3S3. The molecule has 0 saturated heterocycles. The summed E-state index contributed by atoms with van der Waals surface area (Å²) in [4.78, 5) is 29.8. The summed E-state index contributed by atoms with van der Waals surface area (Å²) in [5.74, 6) is -1.33. The Hall–Kier alpha value is -2.16. The van der Waals surface area contributed by atoms with Gasteiger partial charge in [-0.05, 0) is 22.6 Å². The monoisotopic (exact) mass is 432 g/mol. The number of benzene rings is 1. The van der Waals surface area contributed by atoms with E-state index in [-0.39, 0.29) is 18.7 Å². The number of nitrogens with zero attached hydrogens (tertiary/aromatic N) is 1. The third-order valence-corrected chi connectivity index (χ3v) is 6.55. The van der Waals surface area contributed by atoms with Crippen LogP contribution in [-0.2, 0) is 22.4 Å². The lowest BCUT2D eigenvalue weighted by atomic mass is 9.95. The van der Waals surface area contributed by atoms with Crippen molar-refractivity contribution < 1.29 is 14.7 Å². The lowest BCUT2D eigenvalue weighted by molar-refractivity contribution is -0.141. The van der Waals surface area contributed by atoms with E-state index in [0.717, 1.165) is 31.5 Å². The Morgan fingerprint density at radius 3 is 2.68 bits per heavy atom. The number of thiol groups is 1. The van der Waals surface area contributed by atoms with Gasteiger partial charge in [-0.3, -0.25) is 4.79 Å². The quantitative estimate of drug-likeness (QED) is 0.465.